The van der Waals surface area contributed by atoms with E-state index in [0.717, 1.165) is 13.0 Å². The van der Waals surface area contributed by atoms with Crippen molar-refractivity contribution in [3.8, 4) is 0 Å². The fourth-order valence-electron chi connectivity index (χ4n) is 2.59. The van der Waals surface area contributed by atoms with Crippen LogP contribution >= 0.6 is 0 Å². The lowest BCUT2D eigenvalue weighted by atomic mass is 9.99. The van der Waals surface area contributed by atoms with Crippen LogP contribution in [0.2, 0.25) is 0 Å². The van der Waals surface area contributed by atoms with Crippen molar-refractivity contribution in [3.05, 3.63) is 29.3 Å². The van der Waals surface area contributed by atoms with Gasteiger partial charge in [-0.25, -0.2) is 0 Å². The quantitative estimate of drug-likeness (QED) is 0.903. The number of anilines is 1. The van der Waals surface area contributed by atoms with E-state index in [-0.39, 0.29) is 5.91 Å². The number of amides is 1. The topological polar surface area (TPSA) is 32.3 Å². The average molecular weight is 260 g/mol. The van der Waals surface area contributed by atoms with Gasteiger partial charge >= 0.3 is 0 Å². The predicted octanol–water partition coefficient (Wildman–Crippen LogP) is 2.73. The van der Waals surface area contributed by atoms with Gasteiger partial charge in [0, 0.05) is 32.2 Å². The zero-order chi connectivity index (χ0) is 13.8. The van der Waals surface area contributed by atoms with Crippen LogP contribution in [0.4, 0.5) is 5.69 Å². The van der Waals surface area contributed by atoms with Crippen molar-refractivity contribution in [2.24, 2.45) is 5.92 Å². The fourth-order valence-corrected chi connectivity index (χ4v) is 2.59. The van der Waals surface area contributed by atoms with Gasteiger partial charge in [-0.2, -0.15) is 0 Å². The van der Waals surface area contributed by atoms with Gasteiger partial charge in [0.25, 0.3) is 0 Å². The summed E-state index contributed by atoms with van der Waals surface area (Å²) in [6.45, 7) is 5.91. The molecule has 104 valence electrons. The van der Waals surface area contributed by atoms with E-state index in [4.69, 9.17) is 0 Å². The second-order valence-electron chi connectivity index (χ2n) is 5.86. The molecule has 1 aromatic carbocycles. The number of nitrogens with zero attached hydrogens (tertiary/aromatic N) is 1. The highest BCUT2D eigenvalue weighted by Crippen LogP contribution is 2.26. The summed E-state index contributed by atoms with van der Waals surface area (Å²) < 4.78 is 0. The molecule has 1 aliphatic rings. The molecule has 0 bridgehead atoms. The molecule has 0 fully saturated rings. The summed E-state index contributed by atoms with van der Waals surface area (Å²) in [4.78, 5) is 14.0. The number of benzene rings is 1. The average Bonchev–Trinajstić information content (AvgIpc) is 2.36. The zero-order valence-corrected chi connectivity index (χ0v) is 12.2. The first-order valence-electron chi connectivity index (χ1n) is 7.16. The van der Waals surface area contributed by atoms with Gasteiger partial charge in [-0.3, -0.25) is 4.79 Å². The van der Waals surface area contributed by atoms with Crippen LogP contribution < -0.4 is 10.2 Å². The van der Waals surface area contributed by atoms with Crippen LogP contribution in [0, 0.1) is 5.92 Å². The molecule has 2 rings (SSSR count). The van der Waals surface area contributed by atoms with Gasteiger partial charge in [0.1, 0.15) is 0 Å². The first kappa shape index (κ1) is 13.9. The third-order valence-corrected chi connectivity index (χ3v) is 3.58. The van der Waals surface area contributed by atoms with E-state index >= 15 is 0 Å². The Morgan fingerprint density at radius 3 is 2.95 bits per heavy atom. The Bertz CT molecular complexity index is 454. The molecule has 0 unspecified atom stereocenters. The Hall–Kier alpha value is -1.51. The maximum atomic E-state index is 11.6. The van der Waals surface area contributed by atoms with Crippen LogP contribution in [0.5, 0.6) is 0 Å². The second-order valence-corrected chi connectivity index (χ2v) is 5.86. The second kappa shape index (κ2) is 6.09. The normalized spacial score (nSPS) is 14.4. The number of nitrogens with one attached hydrogen (secondary N) is 1. The van der Waals surface area contributed by atoms with Gasteiger partial charge in [-0.15, -0.1) is 0 Å². The molecule has 1 heterocycles. The van der Waals surface area contributed by atoms with Crippen molar-refractivity contribution in [2.75, 3.05) is 18.5 Å². The van der Waals surface area contributed by atoms with E-state index in [1.54, 1.807) is 0 Å². The summed E-state index contributed by atoms with van der Waals surface area (Å²) in [5.41, 5.74) is 3.94. The zero-order valence-electron chi connectivity index (χ0n) is 12.2. The minimum absolute atomic E-state index is 0.143. The van der Waals surface area contributed by atoms with Gasteiger partial charge < -0.3 is 10.2 Å². The Morgan fingerprint density at radius 2 is 2.21 bits per heavy atom. The SMILES string of the molecule is CC(C)CC(=O)NCc1ccc2c(c1)CCCN2C. The molecule has 1 aliphatic heterocycles. The number of carbonyl (C=O) groups is 1. The molecule has 0 spiro atoms. The molecule has 0 radical (unpaired) electrons. The molecule has 3 heteroatoms. The minimum Gasteiger partial charge on any atom is -0.374 e. The van der Waals surface area contributed by atoms with Crippen LogP contribution in [0.15, 0.2) is 18.2 Å². The molecule has 1 N–H and O–H groups in total. The Balaban J connectivity index is 1.97. The Morgan fingerprint density at radius 1 is 1.42 bits per heavy atom. The summed E-state index contributed by atoms with van der Waals surface area (Å²) in [5, 5.41) is 3.00. The number of carbonyl (C=O) groups excluding carboxylic acids is 1. The lowest BCUT2D eigenvalue weighted by Gasteiger charge is -2.27. The fraction of sp³-hybridized carbons (Fsp3) is 0.562. The van der Waals surface area contributed by atoms with Crippen molar-refractivity contribution in [1.29, 1.82) is 0 Å². The largest absolute Gasteiger partial charge is 0.374 e. The molecule has 0 atom stereocenters. The van der Waals surface area contributed by atoms with E-state index in [9.17, 15) is 4.79 Å². The highest BCUT2D eigenvalue weighted by molar-refractivity contribution is 5.76. The first-order valence-corrected chi connectivity index (χ1v) is 7.16. The smallest absolute Gasteiger partial charge is 0.220 e. The van der Waals surface area contributed by atoms with E-state index in [0.29, 0.717) is 18.9 Å². The highest BCUT2D eigenvalue weighted by atomic mass is 16.1. The van der Waals surface area contributed by atoms with Crippen molar-refractivity contribution < 1.29 is 4.79 Å². The summed E-state index contributed by atoms with van der Waals surface area (Å²) >= 11 is 0. The molecule has 1 aromatic rings. The lowest BCUT2D eigenvalue weighted by Crippen LogP contribution is -2.26. The summed E-state index contributed by atoms with van der Waals surface area (Å²) in [6.07, 6.45) is 2.97. The van der Waals surface area contributed by atoms with E-state index in [2.05, 4.69) is 49.3 Å². The molecule has 1 amide bonds. The van der Waals surface area contributed by atoms with Crippen molar-refractivity contribution in [2.45, 2.75) is 39.7 Å². The summed E-state index contributed by atoms with van der Waals surface area (Å²) in [7, 11) is 2.14. The highest BCUT2D eigenvalue weighted by Gasteiger charge is 2.13. The Kier molecular flexibility index (Phi) is 4.46. The molecule has 0 saturated heterocycles. The van der Waals surface area contributed by atoms with Gasteiger partial charge in [0.15, 0.2) is 0 Å². The molecule has 19 heavy (non-hydrogen) atoms. The van der Waals surface area contributed by atoms with Gasteiger partial charge in [0.05, 0.1) is 0 Å². The van der Waals surface area contributed by atoms with Crippen molar-refractivity contribution in [1.82, 2.24) is 5.32 Å². The molecule has 0 saturated carbocycles. The molecule has 0 aromatic heterocycles. The molecular formula is C16H24N2O. The number of fused-ring (bicyclic) bond motifs is 1. The van der Waals surface area contributed by atoms with Gasteiger partial charge in [0.2, 0.25) is 5.91 Å². The van der Waals surface area contributed by atoms with Crippen LogP contribution in [0.1, 0.15) is 37.8 Å². The molecule has 3 nitrogen and oxygen atoms in total. The Labute approximate surface area is 116 Å². The van der Waals surface area contributed by atoms with Crippen LogP contribution in [-0.2, 0) is 17.8 Å². The monoisotopic (exact) mass is 260 g/mol. The van der Waals surface area contributed by atoms with Crippen molar-refractivity contribution >= 4 is 11.6 Å². The maximum absolute atomic E-state index is 11.6. The predicted molar refractivity (Wildman–Crippen MR) is 79.3 cm³/mol. The minimum atomic E-state index is 0.143. The number of rotatable bonds is 4. The summed E-state index contributed by atoms with van der Waals surface area (Å²) in [5.74, 6) is 0.557. The third-order valence-electron chi connectivity index (χ3n) is 3.58. The van der Waals surface area contributed by atoms with Gasteiger partial charge in [-0.1, -0.05) is 26.0 Å². The maximum Gasteiger partial charge on any atom is 0.220 e. The van der Waals surface area contributed by atoms with Crippen molar-refractivity contribution in [3.63, 3.8) is 0 Å². The number of hydrogen-bond donors (Lipinski definition) is 1. The number of aryl methyl sites for hydroxylation is 1. The van der Waals surface area contributed by atoms with Crippen LogP contribution in [-0.4, -0.2) is 19.5 Å². The summed E-state index contributed by atoms with van der Waals surface area (Å²) in [6, 6.07) is 6.54. The third kappa shape index (κ3) is 3.72. The van der Waals surface area contributed by atoms with E-state index in [1.807, 2.05) is 0 Å². The molecular weight excluding hydrogens is 236 g/mol. The standard InChI is InChI=1S/C16H24N2O/c1-12(2)9-16(19)17-11-13-6-7-15-14(10-13)5-4-8-18(15)3/h6-7,10,12H,4-5,8-9,11H2,1-3H3,(H,17,19). The lowest BCUT2D eigenvalue weighted by molar-refractivity contribution is -0.121. The first-order chi connectivity index (χ1) is 9.06. The van der Waals surface area contributed by atoms with E-state index < -0.39 is 0 Å². The van der Waals surface area contributed by atoms with Gasteiger partial charge in [-0.05, 0) is 36.0 Å². The van der Waals surface area contributed by atoms with Crippen LogP contribution in [0.3, 0.4) is 0 Å². The molecule has 0 aliphatic carbocycles. The van der Waals surface area contributed by atoms with E-state index in [1.165, 1.54) is 23.2 Å². The number of hydrogen-bond acceptors (Lipinski definition) is 2. The van der Waals surface area contributed by atoms with Crippen LogP contribution in [0.25, 0.3) is 0 Å².